The number of halogens is 2. The molecular weight excluding hydrogens is 526 g/mol. The smallest absolute Gasteiger partial charge is 0.271 e. The van der Waals surface area contributed by atoms with E-state index in [0.29, 0.717) is 43.6 Å². The highest BCUT2D eigenvalue weighted by Crippen LogP contribution is 2.36. The number of hydrazone groups is 1. The number of ether oxygens (including phenoxy) is 3. The van der Waals surface area contributed by atoms with Crippen LogP contribution in [0.25, 0.3) is 0 Å². The van der Waals surface area contributed by atoms with Crippen LogP contribution in [0, 0.1) is 0 Å². The van der Waals surface area contributed by atoms with Gasteiger partial charge in [-0.05, 0) is 70.0 Å². The highest BCUT2D eigenvalue weighted by Gasteiger charge is 2.14. The number of carbonyl (C=O) groups is 2. The van der Waals surface area contributed by atoms with Gasteiger partial charge in [0.05, 0.1) is 30.6 Å². The first-order chi connectivity index (χ1) is 16.4. The monoisotopic (exact) mass is 545 g/mol. The zero-order valence-electron chi connectivity index (χ0n) is 18.3. The number of para-hydroxylation sites is 2. The van der Waals surface area contributed by atoms with Gasteiger partial charge in [-0.25, -0.2) is 5.43 Å². The van der Waals surface area contributed by atoms with E-state index in [1.165, 1.54) is 20.4 Å². The Labute approximate surface area is 210 Å². The lowest BCUT2D eigenvalue weighted by Crippen LogP contribution is -2.20. The number of nitrogens with zero attached hydrogens (tertiary/aromatic N) is 1. The number of nitrogens with one attached hydrogen (secondary N) is 2. The van der Waals surface area contributed by atoms with Gasteiger partial charge in [0.2, 0.25) is 0 Å². The fraction of sp³-hybridized carbons (Fsp3) is 0.125. The molecule has 2 amide bonds. The van der Waals surface area contributed by atoms with Gasteiger partial charge in [-0.2, -0.15) is 5.10 Å². The predicted octanol–water partition coefficient (Wildman–Crippen LogP) is 4.90. The van der Waals surface area contributed by atoms with E-state index in [9.17, 15) is 9.59 Å². The number of hydrogen-bond acceptors (Lipinski definition) is 6. The Balaban J connectivity index is 1.63. The van der Waals surface area contributed by atoms with E-state index < -0.39 is 0 Å². The minimum absolute atomic E-state index is 0.252. The average molecular weight is 547 g/mol. The molecular formula is C24H21BrClN3O5. The fourth-order valence-corrected chi connectivity index (χ4v) is 3.56. The molecule has 3 rings (SSSR count). The second-order valence-electron chi connectivity index (χ2n) is 6.78. The van der Waals surface area contributed by atoms with Gasteiger partial charge in [0.15, 0.2) is 18.1 Å². The van der Waals surface area contributed by atoms with Crippen molar-refractivity contribution in [2.75, 3.05) is 26.1 Å². The zero-order chi connectivity index (χ0) is 24.5. The molecule has 0 atom stereocenters. The first-order valence-electron chi connectivity index (χ1n) is 9.93. The highest BCUT2D eigenvalue weighted by atomic mass is 79.9. The van der Waals surface area contributed by atoms with Crippen molar-refractivity contribution in [3.63, 3.8) is 0 Å². The van der Waals surface area contributed by atoms with Crippen LogP contribution in [0.3, 0.4) is 0 Å². The Morgan fingerprint density at radius 3 is 2.44 bits per heavy atom. The molecule has 34 heavy (non-hydrogen) atoms. The van der Waals surface area contributed by atoms with Crippen LogP contribution in [0.2, 0.25) is 5.02 Å². The van der Waals surface area contributed by atoms with Crippen molar-refractivity contribution in [1.29, 1.82) is 0 Å². The molecule has 8 nitrogen and oxygen atoms in total. The van der Waals surface area contributed by atoms with Crippen molar-refractivity contribution in [3.8, 4) is 17.2 Å². The number of amides is 2. The summed E-state index contributed by atoms with van der Waals surface area (Å²) in [6.07, 6.45) is 1.46. The molecule has 3 aromatic rings. The van der Waals surface area contributed by atoms with E-state index in [1.54, 1.807) is 60.7 Å². The van der Waals surface area contributed by atoms with Gasteiger partial charge < -0.3 is 19.5 Å². The highest BCUT2D eigenvalue weighted by molar-refractivity contribution is 9.10. The summed E-state index contributed by atoms with van der Waals surface area (Å²) in [5, 5.41) is 7.25. The molecule has 0 saturated heterocycles. The fourth-order valence-electron chi connectivity index (χ4n) is 2.86. The number of benzene rings is 3. The van der Waals surface area contributed by atoms with E-state index in [-0.39, 0.29) is 18.4 Å². The molecule has 2 N–H and O–H groups in total. The lowest BCUT2D eigenvalue weighted by atomic mass is 10.2. The van der Waals surface area contributed by atoms with Gasteiger partial charge in [-0.3, -0.25) is 9.59 Å². The molecule has 0 fully saturated rings. The van der Waals surface area contributed by atoms with Crippen molar-refractivity contribution in [3.05, 3.63) is 81.3 Å². The van der Waals surface area contributed by atoms with Crippen LogP contribution >= 0.6 is 27.5 Å². The van der Waals surface area contributed by atoms with Gasteiger partial charge in [0, 0.05) is 10.6 Å². The second kappa shape index (κ2) is 12.1. The maximum absolute atomic E-state index is 12.4. The number of carbonyl (C=O) groups excluding carboxylic acids is 2. The minimum atomic E-state index is -0.375. The SMILES string of the molecule is COc1ccccc1NC(=O)COc1c(Br)cc(/C=N/NC(=O)c2ccc(Cl)cc2)cc1OC. The number of anilines is 1. The molecule has 0 bridgehead atoms. The topological polar surface area (TPSA) is 98.3 Å². The molecule has 0 radical (unpaired) electrons. The lowest BCUT2D eigenvalue weighted by molar-refractivity contribution is -0.118. The van der Waals surface area contributed by atoms with Crippen molar-refractivity contribution >= 4 is 51.2 Å². The lowest BCUT2D eigenvalue weighted by Gasteiger charge is -2.14. The Hall–Kier alpha value is -3.56. The Kier molecular flexibility index (Phi) is 8.89. The van der Waals surface area contributed by atoms with Crippen molar-refractivity contribution in [2.24, 2.45) is 5.10 Å². The summed E-state index contributed by atoms with van der Waals surface area (Å²) in [5.74, 6) is 0.528. The molecule has 0 aliphatic rings. The number of hydrogen-bond donors (Lipinski definition) is 2. The second-order valence-corrected chi connectivity index (χ2v) is 8.07. The summed E-state index contributed by atoms with van der Waals surface area (Å²) in [6.45, 7) is -0.252. The standard InChI is InChI=1S/C24H21BrClN3O5/c1-32-20-6-4-3-5-19(20)28-22(30)14-34-23-18(25)11-15(12-21(23)33-2)13-27-29-24(31)16-7-9-17(26)10-8-16/h3-13H,14H2,1-2H3,(H,28,30)(H,29,31)/b27-13+. The van der Waals surface area contributed by atoms with Gasteiger partial charge in [0.1, 0.15) is 5.75 Å². The molecule has 0 aromatic heterocycles. The van der Waals surface area contributed by atoms with Crippen LogP contribution in [0.1, 0.15) is 15.9 Å². The maximum Gasteiger partial charge on any atom is 0.271 e. The maximum atomic E-state index is 12.4. The summed E-state index contributed by atoms with van der Waals surface area (Å²) in [7, 11) is 3.00. The van der Waals surface area contributed by atoms with Crippen LogP contribution < -0.4 is 25.0 Å². The average Bonchev–Trinajstić information content (AvgIpc) is 2.83. The summed E-state index contributed by atoms with van der Waals surface area (Å²) in [4.78, 5) is 24.5. The van der Waals surface area contributed by atoms with E-state index >= 15 is 0 Å². The Morgan fingerprint density at radius 1 is 1.03 bits per heavy atom. The summed E-state index contributed by atoms with van der Waals surface area (Å²) >= 11 is 9.25. The zero-order valence-corrected chi connectivity index (χ0v) is 20.6. The summed E-state index contributed by atoms with van der Waals surface area (Å²) in [6, 6.07) is 16.9. The van der Waals surface area contributed by atoms with E-state index in [2.05, 4.69) is 31.8 Å². The third-order valence-corrected chi connectivity index (χ3v) is 5.31. The molecule has 176 valence electrons. The molecule has 0 saturated carbocycles. The van der Waals surface area contributed by atoms with Crippen molar-refractivity contribution < 1.29 is 23.8 Å². The van der Waals surface area contributed by atoms with E-state index in [0.717, 1.165) is 0 Å². The van der Waals surface area contributed by atoms with Crippen LogP contribution in [0.15, 0.2) is 70.2 Å². The first-order valence-corrected chi connectivity index (χ1v) is 11.1. The molecule has 0 spiro atoms. The minimum Gasteiger partial charge on any atom is -0.495 e. The van der Waals surface area contributed by atoms with Crippen LogP contribution in [-0.2, 0) is 4.79 Å². The summed E-state index contributed by atoms with van der Waals surface area (Å²) < 4.78 is 16.8. The molecule has 10 heteroatoms. The molecule has 0 aliphatic heterocycles. The first kappa shape index (κ1) is 25.1. The Morgan fingerprint density at radius 2 is 1.74 bits per heavy atom. The predicted molar refractivity (Wildman–Crippen MR) is 134 cm³/mol. The molecule has 0 unspecified atom stereocenters. The van der Waals surface area contributed by atoms with Gasteiger partial charge >= 0.3 is 0 Å². The summed E-state index contributed by atoms with van der Waals surface area (Å²) in [5.41, 5.74) is 4.04. The quantitative estimate of drug-likeness (QED) is 0.294. The third kappa shape index (κ3) is 6.72. The largest absolute Gasteiger partial charge is 0.495 e. The molecule has 0 aliphatic carbocycles. The van der Waals surface area contributed by atoms with Crippen molar-refractivity contribution in [1.82, 2.24) is 5.43 Å². The normalized spacial score (nSPS) is 10.6. The van der Waals surface area contributed by atoms with Crippen LogP contribution in [0.4, 0.5) is 5.69 Å². The van der Waals surface area contributed by atoms with Crippen LogP contribution in [0.5, 0.6) is 17.2 Å². The van der Waals surface area contributed by atoms with Gasteiger partial charge in [0.25, 0.3) is 11.8 Å². The number of rotatable bonds is 9. The van der Waals surface area contributed by atoms with Crippen molar-refractivity contribution in [2.45, 2.75) is 0 Å². The number of methoxy groups -OCH3 is 2. The Bertz CT molecular complexity index is 1200. The van der Waals surface area contributed by atoms with Crippen LogP contribution in [-0.4, -0.2) is 38.9 Å². The third-order valence-electron chi connectivity index (χ3n) is 4.47. The van der Waals surface area contributed by atoms with E-state index in [1.807, 2.05) is 0 Å². The molecule has 0 heterocycles. The van der Waals surface area contributed by atoms with Gasteiger partial charge in [-0.1, -0.05) is 23.7 Å². The van der Waals surface area contributed by atoms with E-state index in [4.69, 9.17) is 25.8 Å². The molecule has 3 aromatic carbocycles. The van der Waals surface area contributed by atoms with Gasteiger partial charge in [-0.15, -0.1) is 0 Å².